The second-order valence-electron chi connectivity index (χ2n) is 5.67. The van der Waals surface area contributed by atoms with Crippen LogP contribution in [-0.4, -0.2) is 50.0 Å². The molecule has 0 saturated heterocycles. The van der Waals surface area contributed by atoms with Gasteiger partial charge in [0.2, 0.25) is 0 Å². The fraction of sp³-hybridized carbons (Fsp3) is 0.533. The summed E-state index contributed by atoms with van der Waals surface area (Å²) < 4.78 is 33.5. The van der Waals surface area contributed by atoms with Crippen LogP contribution in [0.15, 0.2) is 24.3 Å². The minimum atomic E-state index is -3.51. The van der Waals surface area contributed by atoms with Gasteiger partial charge in [-0.3, -0.25) is 0 Å². The monoisotopic (exact) mass is 342 g/mol. The Labute approximate surface area is 136 Å². The number of rotatable bonds is 9. The van der Waals surface area contributed by atoms with Gasteiger partial charge in [-0.1, -0.05) is 0 Å². The van der Waals surface area contributed by atoms with E-state index in [0.717, 1.165) is 12.8 Å². The van der Waals surface area contributed by atoms with Crippen LogP contribution in [0.4, 0.5) is 0 Å². The number of nitrogens with one attached hydrogen (secondary N) is 1. The van der Waals surface area contributed by atoms with E-state index >= 15 is 0 Å². The van der Waals surface area contributed by atoms with Crippen LogP contribution in [0.3, 0.4) is 0 Å². The van der Waals surface area contributed by atoms with Crippen molar-refractivity contribution in [3.8, 4) is 5.75 Å². The molecule has 7 nitrogen and oxygen atoms in total. The first-order valence-electron chi connectivity index (χ1n) is 7.50. The van der Waals surface area contributed by atoms with E-state index in [4.69, 9.17) is 9.84 Å². The molecular formula is C15H22N2O5S. The molecule has 1 aliphatic carbocycles. The summed E-state index contributed by atoms with van der Waals surface area (Å²) in [4.78, 5) is 10.7. The Kier molecular flexibility index (Phi) is 5.61. The van der Waals surface area contributed by atoms with E-state index in [9.17, 15) is 13.2 Å². The highest BCUT2D eigenvalue weighted by Gasteiger charge is 2.35. The predicted octanol–water partition coefficient (Wildman–Crippen LogP) is 1.33. The highest BCUT2D eigenvalue weighted by atomic mass is 32.2. The van der Waals surface area contributed by atoms with E-state index in [0.29, 0.717) is 11.7 Å². The zero-order valence-corrected chi connectivity index (χ0v) is 14.0. The van der Waals surface area contributed by atoms with Gasteiger partial charge in [-0.25, -0.2) is 4.79 Å². The third-order valence-electron chi connectivity index (χ3n) is 4.01. The van der Waals surface area contributed by atoms with Crippen molar-refractivity contribution < 1.29 is 23.1 Å². The molecule has 128 valence electrons. The van der Waals surface area contributed by atoms with Crippen LogP contribution in [0.1, 0.15) is 30.1 Å². The summed E-state index contributed by atoms with van der Waals surface area (Å²) in [6.07, 6.45) is 2.16. The van der Waals surface area contributed by atoms with Crippen molar-refractivity contribution >= 4 is 16.2 Å². The van der Waals surface area contributed by atoms with E-state index < -0.39 is 16.2 Å². The van der Waals surface area contributed by atoms with Gasteiger partial charge in [-0.2, -0.15) is 17.4 Å². The number of benzene rings is 1. The third kappa shape index (κ3) is 4.92. The van der Waals surface area contributed by atoms with Gasteiger partial charge in [0.15, 0.2) is 0 Å². The number of hydrogen-bond donors (Lipinski definition) is 2. The summed E-state index contributed by atoms with van der Waals surface area (Å²) in [6, 6.07) is 5.95. The molecule has 1 atom stereocenters. The lowest BCUT2D eigenvalue weighted by atomic mass is 10.2. The molecule has 0 radical (unpaired) electrons. The van der Waals surface area contributed by atoms with Crippen LogP contribution in [0.5, 0.6) is 5.75 Å². The van der Waals surface area contributed by atoms with E-state index in [-0.39, 0.29) is 24.8 Å². The Morgan fingerprint density at radius 1 is 1.39 bits per heavy atom. The predicted molar refractivity (Wildman–Crippen MR) is 85.8 cm³/mol. The van der Waals surface area contributed by atoms with E-state index in [1.165, 1.54) is 16.4 Å². The molecule has 8 heteroatoms. The summed E-state index contributed by atoms with van der Waals surface area (Å²) in [5.74, 6) is -0.0494. The zero-order valence-electron chi connectivity index (χ0n) is 13.2. The van der Waals surface area contributed by atoms with Gasteiger partial charge >= 0.3 is 5.97 Å². The number of carbonyl (C=O) groups is 1. The Morgan fingerprint density at radius 3 is 2.52 bits per heavy atom. The van der Waals surface area contributed by atoms with Crippen molar-refractivity contribution in [3.05, 3.63) is 29.8 Å². The molecule has 1 aromatic carbocycles. The molecule has 0 aromatic heterocycles. The summed E-state index contributed by atoms with van der Waals surface area (Å²) in [7, 11) is -1.93. The smallest absolute Gasteiger partial charge is 0.335 e. The average molecular weight is 342 g/mol. The highest BCUT2D eigenvalue weighted by molar-refractivity contribution is 7.87. The SMILES string of the molecule is CC(C1CC1)N(C)S(=O)(=O)NCCOc1ccc(C(=O)O)cc1. The maximum Gasteiger partial charge on any atom is 0.335 e. The highest BCUT2D eigenvalue weighted by Crippen LogP contribution is 2.35. The molecule has 23 heavy (non-hydrogen) atoms. The maximum absolute atomic E-state index is 12.1. The number of hydrogen-bond acceptors (Lipinski definition) is 4. The van der Waals surface area contributed by atoms with Crippen LogP contribution < -0.4 is 9.46 Å². The van der Waals surface area contributed by atoms with Crippen molar-refractivity contribution in [2.24, 2.45) is 5.92 Å². The minimum absolute atomic E-state index is 0.00279. The second kappa shape index (κ2) is 7.29. The van der Waals surface area contributed by atoms with E-state index in [1.807, 2.05) is 6.92 Å². The Bertz CT molecular complexity index is 640. The first kappa shape index (κ1) is 17.7. The fourth-order valence-electron chi connectivity index (χ4n) is 2.23. The lowest BCUT2D eigenvalue weighted by Gasteiger charge is -2.24. The van der Waals surface area contributed by atoms with Gasteiger partial charge in [-0.05, 0) is 49.9 Å². The summed E-state index contributed by atoms with van der Waals surface area (Å²) >= 11 is 0. The molecule has 0 aliphatic heterocycles. The second-order valence-corrected chi connectivity index (χ2v) is 7.49. The maximum atomic E-state index is 12.1. The molecule has 0 heterocycles. The van der Waals surface area contributed by atoms with Crippen molar-refractivity contribution in [1.29, 1.82) is 0 Å². The third-order valence-corrected chi connectivity index (χ3v) is 5.67. The number of ether oxygens (including phenoxy) is 1. The van der Waals surface area contributed by atoms with Crippen LogP contribution in [-0.2, 0) is 10.2 Å². The van der Waals surface area contributed by atoms with Crippen molar-refractivity contribution in [1.82, 2.24) is 9.03 Å². The van der Waals surface area contributed by atoms with Crippen molar-refractivity contribution in [2.75, 3.05) is 20.2 Å². The first-order valence-corrected chi connectivity index (χ1v) is 8.94. The largest absolute Gasteiger partial charge is 0.492 e. The standard InChI is InChI=1S/C15H22N2O5S/c1-11(12-3-4-12)17(2)23(20,21)16-9-10-22-14-7-5-13(6-8-14)15(18)19/h5-8,11-12,16H,3-4,9-10H2,1-2H3,(H,18,19). The van der Waals surface area contributed by atoms with Gasteiger partial charge in [0.1, 0.15) is 12.4 Å². The molecule has 2 N–H and O–H groups in total. The van der Waals surface area contributed by atoms with Gasteiger partial charge in [0.05, 0.1) is 5.56 Å². The molecule has 1 fully saturated rings. The van der Waals surface area contributed by atoms with Crippen LogP contribution in [0.25, 0.3) is 0 Å². The topological polar surface area (TPSA) is 95.9 Å². The van der Waals surface area contributed by atoms with Crippen LogP contribution >= 0.6 is 0 Å². The molecule has 1 aromatic rings. The molecule has 0 spiro atoms. The lowest BCUT2D eigenvalue weighted by Crippen LogP contribution is -2.44. The fourth-order valence-corrected chi connectivity index (χ4v) is 3.38. The lowest BCUT2D eigenvalue weighted by molar-refractivity contribution is 0.0697. The van der Waals surface area contributed by atoms with Gasteiger partial charge in [0.25, 0.3) is 10.2 Å². The van der Waals surface area contributed by atoms with E-state index in [2.05, 4.69) is 4.72 Å². The number of aromatic carboxylic acids is 1. The molecule has 1 aliphatic rings. The Balaban J connectivity index is 1.76. The molecular weight excluding hydrogens is 320 g/mol. The van der Waals surface area contributed by atoms with Gasteiger partial charge in [-0.15, -0.1) is 0 Å². The first-order chi connectivity index (χ1) is 10.8. The molecule has 2 rings (SSSR count). The number of carboxylic acids is 1. The van der Waals surface area contributed by atoms with Crippen molar-refractivity contribution in [2.45, 2.75) is 25.8 Å². The molecule has 0 amide bonds. The van der Waals surface area contributed by atoms with Gasteiger partial charge in [0, 0.05) is 19.6 Å². The summed E-state index contributed by atoms with van der Waals surface area (Å²) in [5, 5.41) is 8.80. The van der Waals surface area contributed by atoms with Crippen molar-refractivity contribution in [3.63, 3.8) is 0 Å². The summed E-state index contributed by atoms with van der Waals surface area (Å²) in [6.45, 7) is 2.22. The molecule has 1 saturated carbocycles. The quantitative estimate of drug-likeness (QED) is 0.660. The molecule has 1 unspecified atom stereocenters. The minimum Gasteiger partial charge on any atom is -0.492 e. The Hall–Kier alpha value is -1.64. The normalized spacial score (nSPS) is 16.3. The average Bonchev–Trinajstić information content (AvgIpc) is 3.35. The van der Waals surface area contributed by atoms with E-state index in [1.54, 1.807) is 19.2 Å². The van der Waals surface area contributed by atoms with Gasteiger partial charge < -0.3 is 9.84 Å². The van der Waals surface area contributed by atoms with Crippen LogP contribution in [0, 0.1) is 5.92 Å². The zero-order chi connectivity index (χ0) is 17.0. The number of carboxylic acid groups (broad SMARTS) is 1. The Morgan fingerprint density at radius 2 is 2.00 bits per heavy atom. The number of nitrogens with zero attached hydrogens (tertiary/aromatic N) is 1. The summed E-state index contributed by atoms with van der Waals surface area (Å²) in [5.41, 5.74) is 0.175. The molecule has 0 bridgehead atoms. The van der Waals surface area contributed by atoms with Crippen LogP contribution in [0.2, 0.25) is 0 Å².